The van der Waals surface area contributed by atoms with Crippen LogP contribution in [0.15, 0.2) is 18.2 Å². The zero-order valence-electron chi connectivity index (χ0n) is 10.2. The lowest BCUT2D eigenvalue weighted by molar-refractivity contribution is -0.153. The molecule has 1 aromatic carbocycles. The van der Waals surface area contributed by atoms with Crippen LogP contribution in [-0.4, -0.2) is 41.1 Å². The van der Waals surface area contributed by atoms with E-state index in [1.165, 1.54) is 25.3 Å². The van der Waals surface area contributed by atoms with E-state index in [0.29, 0.717) is 18.1 Å². The van der Waals surface area contributed by atoms with Crippen LogP contribution in [-0.2, 0) is 4.79 Å². The lowest BCUT2D eigenvalue weighted by atomic mass is 10.0. The summed E-state index contributed by atoms with van der Waals surface area (Å²) in [7, 11) is 1.47. The van der Waals surface area contributed by atoms with Crippen molar-refractivity contribution in [2.45, 2.75) is 19.1 Å². The normalized spacial score (nSPS) is 13.8. The van der Waals surface area contributed by atoms with Gasteiger partial charge in [0.2, 0.25) is 0 Å². The minimum Gasteiger partial charge on any atom is -0.493 e. The smallest absolute Gasteiger partial charge is 0.335 e. The Morgan fingerprint density at radius 2 is 2.00 bits per heavy atom. The van der Waals surface area contributed by atoms with Crippen molar-refractivity contribution in [3.63, 3.8) is 0 Å². The van der Waals surface area contributed by atoms with Crippen molar-refractivity contribution in [1.82, 2.24) is 0 Å². The molecular formula is C12H16O6. The summed E-state index contributed by atoms with van der Waals surface area (Å²) in [4.78, 5) is 10.6. The van der Waals surface area contributed by atoms with Crippen molar-refractivity contribution in [3.05, 3.63) is 23.8 Å². The Kier molecular flexibility index (Phi) is 4.94. The minimum atomic E-state index is -1.88. The Morgan fingerprint density at radius 3 is 2.50 bits per heavy atom. The van der Waals surface area contributed by atoms with Crippen LogP contribution in [0.5, 0.6) is 11.5 Å². The molecule has 0 aliphatic carbocycles. The average Bonchev–Trinajstić information content (AvgIpc) is 2.37. The minimum absolute atomic E-state index is 0.245. The third kappa shape index (κ3) is 3.12. The van der Waals surface area contributed by atoms with Crippen LogP contribution in [0.1, 0.15) is 18.6 Å². The highest BCUT2D eigenvalue weighted by Gasteiger charge is 2.25. The van der Waals surface area contributed by atoms with Crippen LogP contribution < -0.4 is 9.47 Å². The van der Waals surface area contributed by atoms with E-state index < -0.39 is 18.2 Å². The predicted molar refractivity (Wildman–Crippen MR) is 62.8 cm³/mol. The number of carboxylic acids is 1. The van der Waals surface area contributed by atoms with E-state index in [4.69, 9.17) is 14.6 Å². The summed E-state index contributed by atoms with van der Waals surface area (Å²) in [6.07, 6.45) is -3.40. The highest BCUT2D eigenvalue weighted by molar-refractivity contribution is 5.73. The van der Waals surface area contributed by atoms with Gasteiger partial charge in [0.15, 0.2) is 17.6 Å². The number of hydrogen-bond donors (Lipinski definition) is 3. The molecule has 6 heteroatoms. The molecule has 0 aliphatic rings. The number of aliphatic hydroxyl groups is 2. The van der Waals surface area contributed by atoms with Gasteiger partial charge in [-0.1, -0.05) is 6.07 Å². The largest absolute Gasteiger partial charge is 0.493 e. The van der Waals surface area contributed by atoms with Crippen molar-refractivity contribution in [1.29, 1.82) is 0 Å². The first-order valence-electron chi connectivity index (χ1n) is 5.41. The summed E-state index contributed by atoms with van der Waals surface area (Å²) in [5, 5.41) is 27.6. The Balaban J connectivity index is 3.03. The highest BCUT2D eigenvalue weighted by Crippen LogP contribution is 2.31. The molecule has 0 amide bonds. The fourth-order valence-corrected chi connectivity index (χ4v) is 1.46. The molecule has 2 unspecified atom stereocenters. The Bertz CT molecular complexity index is 417. The van der Waals surface area contributed by atoms with Gasteiger partial charge in [-0.05, 0) is 24.6 Å². The van der Waals surface area contributed by atoms with Crippen LogP contribution >= 0.6 is 0 Å². The van der Waals surface area contributed by atoms with E-state index in [9.17, 15) is 15.0 Å². The number of ether oxygens (including phenoxy) is 2. The van der Waals surface area contributed by atoms with E-state index in [1.807, 2.05) is 0 Å². The van der Waals surface area contributed by atoms with E-state index in [0.717, 1.165) is 0 Å². The molecule has 2 atom stereocenters. The third-order valence-electron chi connectivity index (χ3n) is 2.38. The molecule has 0 heterocycles. The maximum absolute atomic E-state index is 10.6. The number of carbonyl (C=O) groups is 1. The first kappa shape index (κ1) is 14.3. The number of carboxylic acid groups (broad SMARTS) is 1. The first-order valence-corrected chi connectivity index (χ1v) is 5.41. The summed E-state index contributed by atoms with van der Waals surface area (Å²) >= 11 is 0. The molecule has 0 aromatic heterocycles. The number of aliphatic hydroxyl groups excluding tert-OH is 2. The quantitative estimate of drug-likeness (QED) is 0.688. The van der Waals surface area contributed by atoms with Gasteiger partial charge in [-0.3, -0.25) is 0 Å². The predicted octanol–water partition coefficient (Wildman–Crippen LogP) is 0.573. The van der Waals surface area contributed by atoms with Gasteiger partial charge in [0.05, 0.1) is 13.7 Å². The van der Waals surface area contributed by atoms with Crippen molar-refractivity contribution in [2.24, 2.45) is 0 Å². The molecule has 0 saturated carbocycles. The van der Waals surface area contributed by atoms with Crippen molar-refractivity contribution < 1.29 is 29.6 Å². The summed E-state index contributed by atoms with van der Waals surface area (Å²) in [6, 6.07) is 4.45. The summed E-state index contributed by atoms with van der Waals surface area (Å²) in [6.45, 7) is 2.19. The zero-order valence-corrected chi connectivity index (χ0v) is 10.2. The van der Waals surface area contributed by atoms with Gasteiger partial charge in [0, 0.05) is 0 Å². The Morgan fingerprint density at radius 1 is 1.33 bits per heavy atom. The highest BCUT2D eigenvalue weighted by atomic mass is 16.5. The summed E-state index contributed by atoms with van der Waals surface area (Å²) in [5.74, 6) is -0.636. The van der Waals surface area contributed by atoms with Crippen LogP contribution in [0.2, 0.25) is 0 Å². The number of hydrogen-bond acceptors (Lipinski definition) is 5. The van der Waals surface area contributed by atoms with E-state index in [2.05, 4.69) is 0 Å². The fourth-order valence-electron chi connectivity index (χ4n) is 1.46. The lowest BCUT2D eigenvalue weighted by Crippen LogP contribution is -2.27. The van der Waals surface area contributed by atoms with E-state index >= 15 is 0 Å². The van der Waals surface area contributed by atoms with Gasteiger partial charge in [0.1, 0.15) is 6.10 Å². The van der Waals surface area contributed by atoms with Gasteiger partial charge in [-0.2, -0.15) is 0 Å². The van der Waals surface area contributed by atoms with E-state index in [1.54, 1.807) is 6.92 Å². The molecule has 18 heavy (non-hydrogen) atoms. The maximum Gasteiger partial charge on any atom is 0.335 e. The van der Waals surface area contributed by atoms with Crippen LogP contribution in [0.4, 0.5) is 0 Å². The maximum atomic E-state index is 10.6. The average molecular weight is 256 g/mol. The lowest BCUT2D eigenvalue weighted by Gasteiger charge is -2.16. The number of aliphatic carboxylic acids is 1. The molecule has 3 N–H and O–H groups in total. The standard InChI is InChI=1S/C12H16O6/c1-3-18-9-6-7(4-5-8(9)17-2)10(13)11(14)12(15)16/h4-6,10-11,13-14H,3H2,1-2H3,(H,15,16). The topological polar surface area (TPSA) is 96.2 Å². The molecular weight excluding hydrogens is 240 g/mol. The molecule has 1 rings (SSSR count). The molecule has 100 valence electrons. The second kappa shape index (κ2) is 6.23. The number of rotatable bonds is 6. The van der Waals surface area contributed by atoms with Crippen molar-refractivity contribution in [3.8, 4) is 11.5 Å². The number of benzene rings is 1. The van der Waals surface area contributed by atoms with Crippen LogP contribution in [0.3, 0.4) is 0 Å². The molecule has 0 saturated heterocycles. The molecule has 1 aromatic rings. The van der Waals surface area contributed by atoms with Crippen LogP contribution in [0.25, 0.3) is 0 Å². The second-order valence-electron chi connectivity index (χ2n) is 3.57. The second-order valence-corrected chi connectivity index (χ2v) is 3.57. The number of methoxy groups -OCH3 is 1. The van der Waals surface area contributed by atoms with E-state index in [-0.39, 0.29) is 5.56 Å². The van der Waals surface area contributed by atoms with Crippen molar-refractivity contribution in [2.75, 3.05) is 13.7 Å². The fraction of sp³-hybridized carbons (Fsp3) is 0.417. The third-order valence-corrected chi connectivity index (χ3v) is 2.38. The summed E-state index contributed by atoms with van der Waals surface area (Å²) < 4.78 is 10.3. The zero-order chi connectivity index (χ0) is 13.7. The van der Waals surface area contributed by atoms with Gasteiger partial charge < -0.3 is 24.8 Å². The molecule has 6 nitrogen and oxygen atoms in total. The molecule has 0 aliphatic heterocycles. The van der Waals surface area contributed by atoms with Crippen molar-refractivity contribution >= 4 is 5.97 Å². The Hall–Kier alpha value is -1.79. The van der Waals surface area contributed by atoms with Crippen LogP contribution in [0, 0.1) is 0 Å². The Labute approximate surface area is 104 Å². The first-order chi connectivity index (χ1) is 8.51. The monoisotopic (exact) mass is 256 g/mol. The molecule has 0 fully saturated rings. The summed E-state index contributed by atoms with van der Waals surface area (Å²) in [5.41, 5.74) is 0.245. The van der Waals surface area contributed by atoms with Gasteiger partial charge in [0.25, 0.3) is 0 Å². The van der Waals surface area contributed by atoms with Gasteiger partial charge in [-0.25, -0.2) is 4.79 Å². The van der Waals surface area contributed by atoms with Gasteiger partial charge in [-0.15, -0.1) is 0 Å². The van der Waals surface area contributed by atoms with Gasteiger partial charge >= 0.3 is 5.97 Å². The molecule has 0 radical (unpaired) electrons. The SMILES string of the molecule is CCOc1cc(C(O)C(O)C(=O)O)ccc1OC. The molecule has 0 spiro atoms. The molecule has 0 bridgehead atoms.